The fraction of sp³-hybridized carbons (Fsp3) is 0.400. The minimum atomic E-state index is 0.153. The van der Waals surface area contributed by atoms with Crippen LogP contribution < -0.4 is 0 Å². The number of aromatic nitrogens is 3. The summed E-state index contributed by atoms with van der Waals surface area (Å²) in [4.78, 5) is 15.9. The average molecular weight is 339 g/mol. The Morgan fingerprint density at radius 2 is 2.00 bits per heavy atom. The summed E-state index contributed by atoms with van der Waals surface area (Å²) in [6.07, 6.45) is 5.35. The first-order chi connectivity index (χ1) is 10.6. The number of likely N-dealkylation sites (tertiary alicyclic amines) is 1. The van der Waals surface area contributed by atoms with Gasteiger partial charge in [0.25, 0.3) is 0 Å². The van der Waals surface area contributed by atoms with Crippen molar-refractivity contribution >= 4 is 29.1 Å². The molecule has 1 atom stereocenters. The maximum atomic E-state index is 12.3. The van der Waals surface area contributed by atoms with Gasteiger partial charge in [0.2, 0.25) is 5.91 Å². The van der Waals surface area contributed by atoms with Gasteiger partial charge in [0, 0.05) is 19.5 Å². The highest BCUT2D eigenvalue weighted by Crippen LogP contribution is 2.24. The number of nitrogens with zero attached hydrogens (tertiary/aromatic N) is 4. The lowest BCUT2D eigenvalue weighted by atomic mass is 10.1. The zero-order chi connectivity index (χ0) is 15.5. The molecular formula is C15H16Cl2N4O. The molecule has 116 valence electrons. The van der Waals surface area contributed by atoms with Gasteiger partial charge < -0.3 is 4.90 Å². The van der Waals surface area contributed by atoms with Gasteiger partial charge >= 0.3 is 0 Å². The van der Waals surface area contributed by atoms with Crippen LogP contribution in [0.5, 0.6) is 0 Å². The molecule has 0 N–H and O–H groups in total. The van der Waals surface area contributed by atoms with Crippen molar-refractivity contribution in [2.24, 2.45) is 0 Å². The summed E-state index contributed by atoms with van der Waals surface area (Å²) >= 11 is 11.9. The summed E-state index contributed by atoms with van der Waals surface area (Å²) in [6.45, 7) is 1.43. The van der Waals surface area contributed by atoms with E-state index in [1.165, 1.54) is 0 Å². The van der Waals surface area contributed by atoms with Crippen molar-refractivity contribution in [2.45, 2.75) is 25.3 Å². The fourth-order valence-corrected chi connectivity index (χ4v) is 3.00. The van der Waals surface area contributed by atoms with E-state index in [0.29, 0.717) is 29.4 Å². The Balaban J connectivity index is 1.53. The standard InChI is InChI=1S/C15H16Cl2N4O/c16-13-3-1-11(9-14(13)17)2-4-15(22)20-8-5-12(10-20)21-18-6-7-19-21/h1,3,6-7,9,12H,2,4-5,8,10H2/t12-/m0/s1. The van der Waals surface area contributed by atoms with Gasteiger partial charge in [0.15, 0.2) is 0 Å². The van der Waals surface area contributed by atoms with Gasteiger partial charge in [-0.05, 0) is 30.5 Å². The average Bonchev–Trinajstić information content (AvgIpc) is 3.18. The Hall–Kier alpha value is -1.59. The lowest BCUT2D eigenvalue weighted by Crippen LogP contribution is -2.29. The van der Waals surface area contributed by atoms with E-state index in [9.17, 15) is 4.79 Å². The van der Waals surface area contributed by atoms with E-state index in [1.807, 2.05) is 17.0 Å². The second-order valence-electron chi connectivity index (χ2n) is 5.38. The Labute approximate surface area is 138 Å². The van der Waals surface area contributed by atoms with Crippen molar-refractivity contribution in [3.8, 4) is 0 Å². The molecule has 1 amide bonds. The SMILES string of the molecule is O=C(CCc1ccc(Cl)c(Cl)c1)N1CC[C@H](n2nccn2)C1. The number of hydrogen-bond acceptors (Lipinski definition) is 3. The largest absolute Gasteiger partial charge is 0.340 e. The van der Waals surface area contributed by atoms with Crippen molar-refractivity contribution in [3.63, 3.8) is 0 Å². The van der Waals surface area contributed by atoms with E-state index >= 15 is 0 Å². The zero-order valence-electron chi connectivity index (χ0n) is 12.0. The highest BCUT2D eigenvalue weighted by Gasteiger charge is 2.27. The summed E-state index contributed by atoms with van der Waals surface area (Å²) in [5, 5.41) is 9.35. The molecule has 2 heterocycles. The molecule has 1 aromatic heterocycles. The summed E-state index contributed by atoms with van der Waals surface area (Å²) in [7, 11) is 0. The number of hydrogen-bond donors (Lipinski definition) is 0. The van der Waals surface area contributed by atoms with Crippen LogP contribution >= 0.6 is 23.2 Å². The number of aryl methyl sites for hydroxylation is 1. The minimum absolute atomic E-state index is 0.153. The first-order valence-electron chi connectivity index (χ1n) is 7.21. The van der Waals surface area contributed by atoms with Gasteiger partial charge in [-0.15, -0.1) is 0 Å². The van der Waals surface area contributed by atoms with Crippen LogP contribution in [0.3, 0.4) is 0 Å². The quantitative estimate of drug-likeness (QED) is 0.860. The molecule has 0 bridgehead atoms. The van der Waals surface area contributed by atoms with E-state index in [4.69, 9.17) is 23.2 Å². The molecule has 1 aliphatic heterocycles. The van der Waals surface area contributed by atoms with E-state index in [1.54, 1.807) is 23.3 Å². The van der Waals surface area contributed by atoms with E-state index in [-0.39, 0.29) is 11.9 Å². The van der Waals surface area contributed by atoms with Gasteiger partial charge in [0.05, 0.1) is 28.5 Å². The number of rotatable bonds is 4. The summed E-state index contributed by atoms with van der Waals surface area (Å²) in [6, 6.07) is 5.67. The molecule has 0 saturated carbocycles. The van der Waals surface area contributed by atoms with Crippen LogP contribution in [-0.4, -0.2) is 38.9 Å². The first kappa shape index (κ1) is 15.3. The van der Waals surface area contributed by atoms with Crippen molar-refractivity contribution in [1.29, 1.82) is 0 Å². The number of carbonyl (C=O) groups excluding carboxylic acids is 1. The predicted octanol–water partition coefficient (Wildman–Crippen LogP) is 2.99. The Morgan fingerprint density at radius 1 is 1.23 bits per heavy atom. The lowest BCUT2D eigenvalue weighted by molar-refractivity contribution is -0.130. The third kappa shape index (κ3) is 3.42. The van der Waals surface area contributed by atoms with E-state index in [2.05, 4.69) is 10.2 Å². The molecule has 0 aliphatic carbocycles. The maximum Gasteiger partial charge on any atom is 0.222 e. The number of amides is 1. The molecule has 7 heteroatoms. The molecule has 2 aromatic rings. The highest BCUT2D eigenvalue weighted by molar-refractivity contribution is 6.42. The fourth-order valence-electron chi connectivity index (χ4n) is 2.68. The van der Waals surface area contributed by atoms with Gasteiger partial charge in [-0.3, -0.25) is 4.79 Å². The van der Waals surface area contributed by atoms with Crippen LogP contribution in [0.4, 0.5) is 0 Å². The molecule has 0 spiro atoms. The zero-order valence-corrected chi connectivity index (χ0v) is 13.5. The van der Waals surface area contributed by atoms with Crippen LogP contribution in [0.2, 0.25) is 10.0 Å². The molecule has 1 saturated heterocycles. The third-order valence-corrected chi connectivity index (χ3v) is 4.63. The Morgan fingerprint density at radius 3 is 2.73 bits per heavy atom. The topological polar surface area (TPSA) is 51.0 Å². The van der Waals surface area contributed by atoms with Gasteiger partial charge in [-0.25, -0.2) is 0 Å². The summed E-state index contributed by atoms with van der Waals surface area (Å²) in [5.41, 5.74) is 1.02. The molecule has 3 rings (SSSR count). The number of carbonyl (C=O) groups is 1. The van der Waals surface area contributed by atoms with Gasteiger partial charge in [0.1, 0.15) is 0 Å². The van der Waals surface area contributed by atoms with Crippen LogP contribution in [-0.2, 0) is 11.2 Å². The second kappa shape index (κ2) is 6.67. The second-order valence-corrected chi connectivity index (χ2v) is 6.19. The normalized spacial score (nSPS) is 17.9. The maximum absolute atomic E-state index is 12.3. The van der Waals surface area contributed by atoms with E-state index < -0.39 is 0 Å². The molecule has 1 aliphatic rings. The molecule has 1 fully saturated rings. The molecule has 22 heavy (non-hydrogen) atoms. The van der Waals surface area contributed by atoms with Crippen LogP contribution in [0.25, 0.3) is 0 Å². The van der Waals surface area contributed by atoms with Crippen molar-refractivity contribution in [2.75, 3.05) is 13.1 Å². The summed E-state index contributed by atoms with van der Waals surface area (Å²) < 4.78 is 0. The first-order valence-corrected chi connectivity index (χ1v) is 7.96. The predicted molar refractivity (Wildman–Crippen MR) is 85.0 cm³/mol. The van der Waals surface area contributed by atoms with Crippen molar-refractivity contribution < 1.29 is 4.79 Å². The smallest absolute Gasteiger partial charge is 0.222 e. The lowest BCUT2D eigenvalue weighted by Gasteiger charge is -2.16. The van der Waals surface area contributed by atoms with Crippen LogP contribution in [0.15, 0.2) is 30.6 Å². The van der Waals surface area contributed by atoms with E-state index in [0.717, 1.165) is 18.5 Å². The Kier molecular flexibility index (Phi) is 4.64. The van der Waals surface area contributed by atoms with Crippen LogP contribution in [0, 0.1) is 0 Å². The third-order valence-electron chi connectivity index (χ3n) is 3.89. The Bertz CT molecular complexity index is 660. The molecule has 1 aromatic carbocycles. The monoisotopic (exact) mass is 338 g/mol. The minimum Gasteiger partial charge on any atom is -0.340 e. The van der Waals surface area contributed by atoms with Crippen LogP contribution in [0.1, 0.15) is 24.4 Å². The highest BCUT2D eigenvalue weighted by atomic mass is 35.5. The molecular weight excluding hydrogens is 323 g/mol. The molecule has 0 unspecified atom stereocenters. The van der Waals surface area contributed by atoms with Gasteiger partial charge in [-0.2, -0.15) is 15.0 Å². The summed E-state index contributed by atoms with van der Waals surface area (Å²) in [5.74, 6) is 0.153. The number of halogens is 2. The van der Waals surface area contributed by atoms with Crippen molar-refractivity contribution in [3.05, 3.63) is 46.2 Å². The van der Waals surface area contributed by atoms with Gasteiger partial charge in [-0.1, -0.05) is 29.3 Å². The number of benzene rings is 1. The van der Waals surface area contributed by atoms with Crippen molar-refractivity contribution in [1.82, 2.24) is 19.9 Å². The molecule has 0 radical (unpaired) electrons. The molecule has 5 nitrogen and oxygen atoms in total.